The first kappa shape index (κ1) is 14.0. The number of carbonyl (C=O) groups is 1. The van der Waals surface area contributed by atoms with Gasteiger partial charge < -0.3 is 15.7 Å². The lowest BCUT2D eigenvalue weighted by Crippen LogP contribution is -2.39. The molecule has 0 saturated heterocycles. The van der Waals surface area contributed by atoms with Gasteiger partial charge in [0, 0.05) is 22.7 Å². The van der Waals surface area contributed by atoms with Gasteiger partial charge in [-0.3, -0.25) is 4.79 Å². The van der Waals surface area contributed by atoms with E-state index in [1.165, 1.54) is 0 Å². The molecule has 0 spiro atoms. The lowest BCUT2D eigenvalue weighted by atomic mass is 10.1. The molecule has 0 aliphatic rings. The van der Waals surface area contributed by atoms with E-state index in [-0.39, 0.29) is 18.6 Å². The fourth-order valence-corrected chi connectivity index (χ4v) is 1.98. The van der Waals surface area contributed by atoms with E-state index < -0.39 is 0 Å². The second kappa shape index (κ2) is 6.02. The van der Waals surface area contributed by atoms with Crippen molar-refractivity contribution in [3.63, 3.8) is 0 Å². The standard InChI is InChI=1S/C12H17BrN2O2/c1-8(2)15(5-6-16)12(17)10-7-9(14)3-4-11(10)13/h3-4,7-8,16H,5-6,14H2,1-2H3. The molecule has 1 aromatic carbocycles. The average Bonchev–Trinajstić information content (AvgIpc) is 2.28. The van der Waals surface area contributed by atoms with E-state index in [4.69, 9.17) is 10.8 Å². The predicted molar refractivity (Wildman–Crippen MR) is 71.8 cm³/mol. The minimum Gasteiger partial charge on any atom is -0.399 e. The number of nitrogens with two attached hydrogens (primary N) is 1. The smallest absolute Gasteiger partial charge is 0.255 e. The van der Waals surface area contributed by atoms with Crippen LogP contribution in [0.3, 0.4) is 0 Å². The predicted octanol–water partition coefficient (Wildman–Crippen LogP) is 1.87. The number of aliphatic hydroxyl groups excluding tert-OH is 1. The van der Waals surface area contributed by atoms with Crippen LogP contribution in [0.5, 0.6) is 0 Å². The van der Waals surface area contributed by atoms with Crippen LogP contribution in [0.1, 0.15) is 24.2 Å². The molecule has 0 radical (unpaired) electrons. The number of anilines is 1. The van der Waals surface area contributed by atoms with Crippen LogP contribution in [-0.4, -0.2) is 35.1 Å². The molecule has 0 fully saturated rings. The minimum absolute atomic E-state index is 0.0305. The molecule has 4 nitrogen and oxygen atoms in total. The number of nitrogen functional groups attached to an aromatic ring is 1. The molecule has 0 bridgehead atoms. The molecule has 0 aliphatic carbocycles. The lowest BCUT2D eigenvalue weighted by molar-refractivity contribution is 0.0664. The average molecular weight is 301 g/mol. The van der Waals surface area contributed by atoms with Crippen molar-refractivity contribution in [2.45, 2.75) is 19.9 Å². The molecule has 0 aromatic heterocycles. The van der Waals surface area contributed by atoms with Crippen molar-refractivity contribution in [2.75, 3.05) is 18.9 Å². The van der Waals surface area contributed by atoms with Gasteiger partial charge in [-0.15, -0.1) is 0 Å². The number of aliphatic hydroxyl groups is 1. The number of amides is 1. The summed E-state index contributed by atoms with van der Waals surface area (Å²) < 4.78 is 0.709. The van der Waals surface area contributed by atoms with E-state index in [2.05, 4.69) is 15.9 Å². The number of halogens is 1. The first-order valence-electron chi connectivity index (χ1n) is 5.44. The molecule has 1 aromatic rings. The largest absolute Gasteiger partial charge is 0.399 e. The first-order chi connectivity index (χ1) is 7.97. The van der Waals surface area contributed by atoms with Gasteiger partial charge in [0.2, 0.25) is 0 Å². The summed E-state index contributed by atoms with van der Waals surface area (Å²) in [5, 5.41) is 8.97. The van der Waals surface area contributed by atoms with Gasteiger partial charge in [0.05, 0.1) is 12.2 Å². The van der Waals surface area contributed by atoms with E-state index in [1.807, 2.05) is 13.8 Å². The number of hydrogen-bond donors (Lipinski definition) is 2. The van der Waals surface area contributed by atoms with Gasteiger partial charge in [0.15, 0.2) is 0 Å². The van der Waals surface area contributed by atoms with Crippen LogP contribution in [0.4, 0.5) is 5.69 Å². The number of benzene rings is 1. The maximum Gasteiger partial charge on any atom is 0.255 e. The summed E-state index contributed by atoms with van der Waals surface area (Å²) in [6.07, 6.45) is 0. The van der Waals surface area contributed by atoms with Gasteiger partial charge in [-0.1, -0.05) is 0 Å². The lowest BCUT2D eigenvalue weighted by Gasteiger charge is -2.26. The number of hydrogen-bond acceptors (Lipinski definition) is 3. The van der Waals surface area contributed by atoms with Crippen molar-refractivity contribution >= 4 is 27.5 Å². The van der Waals surface area contributed by atoms with Crippen LogP contribution in [0.2, 0.25) is 0 Å². The third-order valence-electron chi connectivity index (χ3n) is 2.45. The highest BCUT2D eigenvalue weighted by atomic mass is 79.9. The normalized spacial score (nSPS) is 10.6. The summed E-state index contributed by atoms with van der Waals surface area (Å²) >= 11 is 3.33. The van der Waals surface area contributed by atoms with Crippen molar-refractivity contribution in [3.8, 4) is 0 Å². The van der Waals surface area contributed by atoms with Crippen LogP contribution in [0, 0.1) is 0 Å². The van der Waals surface area contributed by atoms with Crippen molar-refractivity contribution in [3.05, 3.63) is 28.2 Å². The summed E-state index contributed by atoms with van der Waals surface area (Å²) in [4.78, 5) is 13.9. The molecule has 0 atom stereocenters. The maximum atomic E-state index is 12.3. The van der Waals surface area contributed by atoms with Crippen LogP contribution < -0.4 is 5.73 Å². The number of carbonyl (C=O) groups excluding carboxylic acids is 1. The SMILES string of the molecule is CC(C)N(CCO)C(=O)c1cc(N)ccc1Br. The first-order valence-corrected chi connectivity index (χ1v) is 6.23. The molecule has 1 rings (SSSR count). The van der Waals surface area contributed by atoms with Crippen LogP contribution >= 0.6 is 15.9 Å². The Labute approximate surface area is 110 Å². The van der Waals surface area contributed by atoms with Crippen LogP contribution in [-0.2, 0) is 0 Å². The summed E-state index contributed by atoms with van der Waals surface area (Å²) in [5.41, 5.74) is 6.74. The number of nitrogens with zero attached hydrogens (tertiary/aromatic N) is 1. The summed E-state index contributed by atoms with van der Waals surface area (Å²) in [6, 6.07) is 5.15. The molecule has 0 saturated carbocycles. The zero-order chi connectivity index (χ0) is 13.0. The molecule has 1 amide bonds. The van der Waals surface area contributed by atoms with Gasteiger partial charge in [0.25, 0.3) is 5.91 Å². The molecule has 0 heterocycles. The highest BCUT2D eigenvalue weighted by Gasteiger charge is 2.20. The van der Waals surface area contributed by atoms with E-state index in [1.54, 1.807) is 23.1 Å². The Morgan fingerprint density at radius 1 is 1.53 bits per heavy atom. The topological polar surface area (TPSA) is 66.6 Å². The Hall–Kier alpha value is -1.07. The molecule has 3 N–H and O–H groups in total. The third-order valence-corrected chi connectivity index (χ3v) is 3.14. The molecule has 5 heteroatoms. The van der Waals surface area contributed by atoms with Crippen molar-refractivity contribution in [2.24, 2.45) is 0 Å². The van der Waals surface area contributed by atoms with Crippen molar-refractivity contribution in [1.82, 2.24) is 4.90 Å². The number of rotatable bonds is 4. The van der Waals surface area contributed by atoms with Crippen LogP contribution in [0.15, 0.2) is 22.7 Å². The highest BCUT2D eigenvalue weighted by Crippen LogP contribution is 2.21. The fraction of sp³-hybridized carbons (Fsp3) is 0.417. The second-order valence-electron chi connectivity index (χ2n) is 4.06. The van der Waals surface area contributed by atoms with E-state index in [9.17, 15) is 4.79 Å². The van der Waals surface area contributed by atoms with Gasteiger partial charge in [0.1, 0.15) is 0 Å². The Morgan fingerprint density at radius 3 is 2.71 bits per heavy atom. The molecule has 0 aliphatic heterocycles. The molecule has 94 valence electrons. The molecule has 0 unspecified atom stereocenters. The Morgan fingerprint density at radius 2 is 2.18 bits per heavy atom. The molecular weight excluding hydrogens is 284 g/mol. The summed E-state index contributed by atoms with van der Waals surface area (Å²) in [7, 11) is 0. The minimum atomic E-state index is -0.131. The van der Waals surface area contributed by atoms with E-state index in [0.717, 1.165) is 0 Å². The van der Waals surface area contributed by atoms with Gasteiger partial charge in [-0.25, -0.2) is 0 Å². The fourth-order valence-electron chi connectivity index (χ4n) is 1.56. The van der Waals surface area contributed by atoms with Crippen molar-refractivity contribution in [1.29, 1.82) is 0 Å². The highest BCUT2D eigenvalue weighted by molar-refractivity contribution is 9.10. The Balaban J connectivity index is 3.04. The zero-order valence-electron chi connectivity index (χ0n) is 9.98. The monoisotopic (exact) mass is 300 g/mol. The molecule has 17 heavy (non-hydrogen) atoms. The third kappa shape index (κ3) is 3.44. The zero-order valence-corrected chi connectivity index (χ0v) is 11.6. The van der Waals surface area contributed by atoms with Gasteiger partial charge >= 0.3 is 0 Å². The Bertz CT molecular complexity index is 407. The van der Waals surface area contributed by atoms with Crippen LogP contribution in [0.25, 0.3) is 0 Å². The maximum absolute atomic E-state index is 12.3. The van der Waals surface area contributed by atoms with Gasteiger partial charge in [-0.2, -0.15) is 0 Å². The van der Waals surface area contributed by atoms with Gasteiger partial charge in [-0.05, 0) is 48.0 Å². The molecular formula is C12H17BrN2O2. The quantitative estimate of drug-likeness (QED) is 0.834. The van der Waals surface area contributed by atoms with Crippen molar-refractivity contribution < 1.29 is 9.90 Å². The second-order valence-corrected chi connectivity index (χ2v) is 4.91. The summed E-state index contributed by atoms with van der Waals surface area (Å²) in [6.45, 7) is 4.09. The van der Waals surface area contributed by atoms with E-state index in [0.29, 0.717) is 22.3 Å². The Kier molecular flexibility index (Phi) is 4.96. The van der Waals surface area contributed by atoms with E-state index >= 15 is 0 Å². The summed E-state index contributed by atoms with van der Waals surface area (Å²) in [5.74, 6) is -0.131.